The molecule has 2 rings (SSSR count). The molecule has 1 saturated heterocycles. The Kier molecular flexibility index (Phi) is 7.18. The minimum absolute atomic E-state index is 0.153. The van der Waals surface area contributed by atoms with Crippen molar-refractivity contribution in [2.75, 3.05) is 26.2 Å². The molecule has 1 saturated carbocycles. The highest BCUT2D eigenvalue weighted by molar-refractivity contribution is 5.75. The Morgan fingerprint density at radius 3 is 1.88 bits per heavy atom. The molecule has 0 aromatic carbocycles. The summed E-state index contributed by atoms with van der Waals surface area (Å²) in [5, 5.41) is 9.16. The Hall–Kier alpha value is -1.46. The molecule has 0 atom stereocenters. The van der Waals surface area contributed by atoms with E-state index in [4.69, 9.17) is 5.11 Å². The van der Waals surface area contributed by atoms with Gasteiger partial charge in [-0.1, -0.05) is 25.7 Å². The molecule has 1 aliphatic heterocycles. The summed E-state index contributed by atoms with van der Waals surface area (Å²) in [6.45, 7) is 6.59. The van der Waals surface area contributed by atoms with Crippen LogP contribution in [0.15, 0.2) is 0 Å². The van der Waals surface area contributed by atoms with Gasteiger partial charge in [0, 0.05) is 38.3 Å². The van der Waals surface area contributed by atoms with E-state index in [2.05, 4.69) is 4.90 Å². The van der Waals surface area contributed by atoms with Crippen LogP contribution in [0.25, 0.3) is 0 Å². The maximum absolute atomic E-state index is 13.2. The van der Waals surface area contributed by atoms with Gasteiger partial charge in [0.15, 0.2) is 0 Å². The zero-order valence-electron chi connectivity index (χ0n) is 15.2. The van der Waals surface area contributed by atoms with Crippen molar-refractivity contribution in [3.63, 3.8) is 0 Å². The number of amides is 3. The van der Waals surface area contributed by atoms with E-state index in [1.165, 1.54) is 30.6 Å². The molecule has 0 bridgehead atoms. The third-order valence-corrected chi connectivity index (χ3v) is 5.60. The van der Waals surface area contributed by atoms with Crippen molar-refractivity contribution < 1.29 is 14.7 Å². The number of urea groups is 1. The van der Waals surface area contributed by atoms with Crippen LogP contribution in [-0.4, -0.2) is 70.2 Å². The second-order valence-corrected chi connectivity index (χ2v) is 7.01. The molecule has 6 nitrogen and oxygen atoms in total. The fourth-order valence-corrected chi connectivity index (χ4v) is 4.14. The smallest absolute Gasteiger partial charge is 0.407 e. The lowest BCUT2D eigenvalue weighted by atomic mass is 9.98. The van der Waals surface area contributed by atoms with E-state index in [0.717, 1.165) is 38.8 Å². The molecule has 138 valence electrons. The van der Waals surface area contributed by atoms with Crippen LogP contribution in [0, 0.1) is 0 Å². The number of nitrogens with zero attached hydrogens (tertiary/aromatic N) is 3. The maximum atomic E-state index is 13.2. The fourth-order valence-electron chi connectivity index (χ4n) is 4.14. The van der Waals surface area contributed by atoms with Gasteiger partial charge >= 0.3 is 12.1 Å². The average molecular weight is 339 g/mol. The Morgan fingerprint density at radius 2 is 1.42 bits per heavy atom. The van der Waals surface area contributed by atoms with E-state index in [-0.39, 0.29) is 12.1 Å². The van der Waals surface area contributed by atoms with Crippen molar-refractivity contribution in [1.82, 2.24) is 14.7 Å². The topological polar surface area (TPSA) is 64.1 Å². The minimum Gasteiger partial charge on any atom is -0.465 e. The first-order chi connectivity index (χ1) is 11.6. The summed E-state index contributed by atoms with van der Waals surface area (Å²) in [4.78, 5) is 29.8. The largest absolute Gasteiger partial charge is 0.465 e. The molecule has 3 amide bonds. The molecule has 6 heteroatoms. The van der Waals surface area contributed by atoms with Gasteiger partial charge in [0.1, 0.15) is 0 Å². The highest BCUT2D eigenvalue weighted by atomic mass is 16.4. The molecule has 1 aliphatic carbocycles. The minimum atomic E-state index is -0.843. The second kappa shape index (κ2) is 9.14. The molecular weight excluding hydrogens is 306 g/mol. The van der Waals surface area contributed by atoms with Gasteiger partial charge in [-0.15, -0.1) is 0 Å². The van der Waals surface area contributed by atoms with Crippen LogP contribution in [0.5, 0.6) is 0 Å². The zero-order chi connectivity index (χ0) is 17.5. The lowest BCUT2D eigenvalue weighted by Crippen LogP contribution is -2.56. The third-order valence-electron chi connectivity index (χ3n) is 5.60. The second-order valence-electron chi connectivity index (χ2n) is 7.01. The first-order valence-electron chi connectivity index (χ1n) is 9.63. The summed E-state index contributed by atoms with van der Waals surface area (Å²) in [7, 11) is 0. The first-order valence-corrected chi connectivity index (χ1v) is 9.63. The Balaban J connectivity index is 2.12. The highest BCUT2D eigenvalue weighted by Gasteiger charge is 2.35. The summed E-state index contributed by atoms with van der Waals surface area (Å²) < 4.78 is 0. The zero-order valence-corrected chi connectivity index (χ0v) is 15.2. The van der Waals surface area contributed by atoms with Crippen LogP contribution in [0.2, 0.25) is 0 Å². The standard InChI is InChI=1S/C18H33N3O3/c1-3-19(4-2)17(22)21(15-9-7-5-6-8-10-15)16-11-13-20(14-12-16)18(23)24/h15-16H,3-14H2,1-2H3,(H,23,24). The molecule has 1 N–H and O–H groups in total. The lowest BCUT2D eigenvalue weighted by molar-refractivity contribution is 0.0686. The van der Waals surface area contributed by atoms with Gasteiger partial charge in [0.05, 0.1) is 0 Å². The molecule has 0 radical (unpaired) electrons. The van der Waals surface area contributed by atoms with Crippen LogP contribution < -0.4 is 0 Å². The highest BCUT2D eigenvalue weighted by Crippen LogP contribution is 2.28. The summed E-state index contributed by atoms with van der Waals surface area (Å²) in [5.74, 6) is 0. The maximum Gasteiger partial charge on any atom is 0.407 e. The lowest BCUT2D eigenvalue weighted by Gasteiger charge is -2.43. The normalized spacial score (nSPS) is 20.5. The van der Waals surface area contributed by atoms with Gasteiger partial charge in [0.25, 0.3) is 0 Å². The molecular formula is C18H33N3O3. The van der Waals surface area contributed by atoms with E-state index >= 15 is 0 Å². The molecule has 0 aromatic heterocycles. The van der Waals surface area contributed by atoms with Gasteiger partial charge in [-0.3, -0.25) is 0 Å². The van der Waals surface area contributed by atoms with Crippen molar-refractivity contribution >= 4 is 12.1 Å². The summed E-state index contributed by atoms with van der Waals surface area (Å²) in [6, 6.07) is 0.652. The molecule has 24 heavy (non-hydrogen) atoms. The van der Waals surface area contributed by atoms with Gasteiger partial charge in [-0.2, -0.15) is 0 Å². The predicted octanol–water partition coefficient (Wildman–Crippen LogP) is 3.62. The van der Waals surface area contributed by atoms with E-state index in [0.29, 0.717) is 19.1 Å². The van der Waals surface area contributed by atoms with Crippen molar-refractivity contribution in [3.8, 4) is 0 Å². The number of hydrogen-bond acceptors (Lipinski definition) is 2. The van der Waals surface area contributed by atoms with Crippen molar-refractivity contribution in [1.29, 1.82) is 0 Å². The SMILES string of the molecule is CCN(CC)C(=O)N(C1CCCCCC1)C1CCN(C(=O)O)CC1. The number of carbonyl (C=O) groups is 2. The molecule has 2 aliphatic rings. The quantitative estimate of drug-likeness (QED) is 0.796. The molecule has 1 heterocycles. The van der Waals surface area contributed by atoms with Crippen LogP contribution in [0.4, 0.5) is 9.59 Å². The summed E-state index contributed by atoms with van der Waals surface area (Å²) in [6.07, 6.45) is 7.78. The third kappa shape index (κ3) is 4.54. The van der Waals surface area contributed by atoms with E-state index in [1.54, 1.807) is 0 Å². The predicted molar refractivity (Wildman–Crippen MR) is 94.3 cm³/mol. The Morgan fingerprint density at radius 1 is 0.917 bits per heavy atom. The number of likely N-dealkylation sites (tertiary alicyclic amines) is 1. The monoisotopic (exact) mass is 339 g/mol. The number of piperidine rings is 1. The molecule has 0 unspecified atom stereocenters. The van der Waals surface area contributed by atoms with Gasteiger partial charge in [-0.05, 0) is 39.5 Å². The van der Waals surface area contributed by atoms with Gasteiger partial charge < -0.3 is 19.8 Å². The van der Waals surface area contributed by atoms with Gasteiger partial charge in [0.2, 0.25) is 0 Å². The van der Waals surface area contributed by atoms with E-state index in [1.807, 2.05) is 18.7 Å². The van der Waals surface area contributed by atoms with Crippen molar-refractivity contribution in [3.05, 3.63) is 0 Å². The van der Waals surface area contributed by atoms with E-state index in [9.17, 15) is 9.59 Å². The number of rotatable bonds is 4. The van der Waals surface area contributed by atoms with Crippen LogP contribution in [0.3, 0.4) is 0 Å². The average Bonchev–Trinajstić information content (AvgIpc) is 2.86. The number of carboxylic acid groups (broad SMARTS) is 1. The Bertz CT molecular complexity index is 410. The first kappa shape index (κ1) is 18.9. The van der Waals surface area contributed by atoms with E-state index < -0.39 is 6.09 Å². The number of hydrogen-bond donors (Lipinski definition) is 1. The summed E-state index contributed by atoms with van der Waals surface area (Å²) >= 11 is 0. The number of carbonyl (C=O) groups excluding carboxylic acids is 1. The van der Waals surface area contributed by atoms with Crippen LogP contribution in [-0.2, 0) is 0 Å². The molecule has 0 aromatic rings. The van der Waals surface area contributed by atoms with Gasteiger partial charge in [-0.25, -0.2) is 9.59 Å². The molecule has 0 spiro atoms. The fraction of sp³-hybridized carbons (Fsp3) is 0.889. The van der Waals surface area contributed by atoms with Crippen molar-refractivity contribution in [2.24, 2.45) is 0 Å². The van der Waals surface area contributed by atoms with Crippen LogP contribution in [0.1, 0.15) is 65.2 Å². The van der Waals surface area contributed by atoms with Crippen LogP contribution >= 0.6 is 0 Å². The summed E-state index contributed by atoms with van der Waals surface area (Å²) in [5.41, 5.74) is 0. The Labute approximate surface area is 145 Å². The molecule has 2 fully saturated rings. The van der Waals surface area contributed by atoms with Crippen molar-refractivity contribution in [2.45, 2.75) is 77.3 Å².